The second-order valence-electron chi connectivity index (χ2n) is 4.88. The van der Waals surface area contributed by atoms with Gasteiger partial charge in [-0.2, -0.15) is 0 Å². The number of ether oxygens (including phenoxy) is 1. The molecule has 0 spiro atoms. The third-order valence-electron chi connectivity index (χ3n) is 3.18. The molecule has 1 aromatic rings. The van der Waals surface area contributed by atoms with E-state index in [0.29, 0.717) is 31.0 Å². The summed E-state index contributed by atoms with van der Waals surface area (Å²) in [4.78, 5) is 13.9. The van der Waals surface area contributed by atoms with Crippen LogP contribution in [0.5, 0.6) is 5.75 Å². The fraction of sp³-hybridized carbons (Fsp3) is 0.467. The van der Waals surface area contributed by atoms with Crippen molar-refractivity contribution in [3.63, 3.8) is 0 Å². The highest BCUT2D eigenvalue weighted by molar-refractivity contribution is 7.80. The molecule has 110 valence electrons. The lowest BCUT2D eigenvalue weighted by Gasteiger charge is -2.17. The zero-order chi connectivity index (χ0) is 15.1. The van der Waals surface area contributed by atoms with E-state index >= 15 is 0 Å². The molecular weight excluding hydrogens is 272 g/mol. The van der Waals surface area contributed by atoms with Crippen molar-refractivity contribution in [3.8, 4) is 5.75 Å². The normalized spacial score (nSPS) is 10.2. The number of benzene rings is 1. The number of amides is 1. The number of thiocarbonyl (C=S) groups is 1. The SMILES string of the molecule is Cc1ccc(OCCC(=O)N(C)CCC(N)=S)cc1C. The number of aryl methyl sites for hydroxylation is 2. The number of carbonyl (C=O) groups is 1. The van der Waals surface area contributed by atoms with Crippen molar-refractivity contribution in [2.24, 2.45) is 5.73 Å². The van der Waals surface area contributed by atoms with Crippen molar-refractivity contribution in [2.45, 2.75) is 26.7 Å². The zero-order valence-corrected chi connectivity index (χ0v) is 13.1. The molecule has 0 radical (unpaired) electrons. The molecule has 0 saturated heterocycles. The highest BCUT2D eigenvalue weighted by atomic mass is 32.1. The van der Waals surface area contributed by atoms with Gasteiger partial charge in [0.05, 0.1) is 18.0 Å². The summed E-state index contributed by atoms with van der Waals surface area (Å²) in [6.07, 6.45) is 0.899. The lowest BCUT2D eigenvalue weighted by atomic mass is 10.1. The van der Waals surface area contributed by atoms with E-state index in [4.69, 9.17) is 22.7 Å². The monoisotopic (exact) mass is 294 g/mol. The van der Waals surface area contributed by atoms with Crippen LogP contribution in [0.1, 0.15) is 24.0 Å². The molecule has 0 saturated carbocycles. The Balaban J connectivity index is 2.34. The highest BCUT2D eigenvalue weighted by Crippen LogP contribution is 2.16. The maximum Gasteiger partial charge on any atom is 0.225 e. The summed E-state index contributed by atoms with van der Waals surface area (Å²) in [6, 6.07) is 5.92. The molecule has 1 amide bonds. The lowest BCUT2D eigenvalue weighted by Crippen LogP contribution is -2.30. The van der Waals surface area contributed by atoms with Gasteiger partial charge in [0.15, 0.2) is 0 Å². The first-order chi connectivity index (χ1) is 9.40. The largest absolute Gasteiger partial charge is 0.493 e. The Kier molecular flexibility index (Phi) is 6.45. The second-order valence-corrected chi connectivity index (χ2v) is 5.40. The Labute approximate surface area is 125 Å². The minimum atomic E-state index is 0.0325. The van der Waals surface area contributed by atoms with Crippen LogP contribution >= 0.6 is 12.2 Å². The number of rotatable bonds is 7. The van der Waals surface area contributed by atoms with E-state index in [1.165, 1.54) is 11.1 Å². The number of nitrogens with zero attached hydrogens (tertiary/aromatic N) is 1. The number of hydrogen-bond acceptors (Lipinski definition) is 3. The molecule has 5 heteroatoms. The van der Waals surface area contributed by atoms with Crippen molar-refractivity contribution in [1.29, 1.82) is 0 Å². The predicted molar refractivity (Wildman–Crippen MR) is 85.1 cm³/mol. The van der Waals surface area contributed by atoms with Gasteiger partial charge in [0.1, 0.15) is 5.75 Å². The van der Waals surface area contributed by atoms with Gasteiger partial charge in [-0.25, -0.2) is 0 Å². The minimum Gasteiger partial charge on any atom is -0.493 e. The number of carbonyl (C=O) groups excluding carboxylic acids is 1. The van der Waals surface area contributed by atoms with E-state index in [9.17, 15) is 4.79 Å². The quantitative estimate of drug-likeness (QED) is 0.783. The summed E-state index contributed by atoms with van der Waals surface area (Å²) in [5, 5.41) is 0. The van der Waals surface area contributed by atoms with Crippen LogP contribution in [0.3, 0.4) is 0 Å². The molecule has 4 nitrogen and oxygen atoms in total. The van der Waals surface area contributed by atoms with Gasteiger partial charge < -0.3 is 15.4 Å². The van der Waals surface area contributed by atoms with Crippen molar-refractivity contribution >= 4 is 23.1 Å². The third kappa shape index (κ3) is 5.57. The first-order valence-corrected chi connectivity index (χ1v) is 7.03. The van der Waals surface area contributed by atoms with Crippen molar-refractivity contribution < 1.29 is 9.53 Å². The van der Waals surface area contributed by atoms with Crippen LogP contribution in [0, 0.1) is 13.8 Å². The van der Waals surface area contributed by atoms with Crippen LogP contribution < -0.4 is 10.5 Å². The number of nitrogens with two attached hydrogens (primary N) is 1. The maximum absolute atomic E-state index is 11.8. The first kappa shape index (κ1) is 16.4. The van der Waals surface area contributed by atoms with Gasteiger partial charge >= 0.3 is 0 Å². The van der Waals surface area contributed by atoms with Crippen LogP contribution in [0.4, 0.5) is 0 Å². The highest BCUT2D eigenvalue weighted by Gasteiger charge is 2.09. The van der Waals surface area contributed by atoms with Crippen LogP contribution in [-0.4, -0.2) is 36.0 Å². The third-order valence-corrected chi connectivity index (χ3v) is 3.39. The molecule has 0 bridgehead atoms. The summed E-state index contributed by atoms with van der Waals surface area (Å²) >= 11 is 4.79. The van der Waals surface area contributed by atoms with E-state index in [0.717, 1.165) is 5.75 Å². The van der Waals surface area contributed by atoms with Crippen LogP contribution in [0.2, 0.25) is 0 Å². The van der Waals surface area contributed by atoms with Crippen LogP contribution in [-0.2, 0) is 4.79 Å². The summed E-state index contributed by atoms with van der Waals surface area (Å²) in [5.74, 6) is 0.830. The number of hydrogen-bond donors (Lipinski definition) is 1. The summed E-state index contributed by atoms with van der Waals surface area (Å²) in [7, 11) is 1.75. The van der Waals surface area contributed by atoms with Crippen molar-refractivity contribution in [2.75, 3.05) is 20.2 Å². The Morgan fingerprint density at radius 3 is 2.60 bits per heavy atom. The zero-order valence-electron chi connectivity index (χ0n) is 12.3. The molecule has 0 aliphatic rings. The van der Waals surface area contributed by atoms with Gasteiger partial charge in [-0.05, 0) is 37.1 Å². The molecule has 1 rings (SSSR count). The molecule has 0 heterocycles. The molecule has 0 aromatic heterocycles. The van der Waals surface area contributed by atoms with Gasteiger partial charge in [-0.1, -0.05) is 18.3 Å². The molecule has 2 N–H and O–H groups in total. The molecule has 0 atom stereocenters. The fourth-order valence-electron chi connectivity index (χ4n) is 1.65. The molecule has 0 unspecified atom stereocenters. The van der Waals surface area contributed by atoms with Gasteiger partial charge in [-0.3, -0.25) is 4.79 Å². The van der Waals surface area contributed by atoms with Crippen LogP contribution in [0.15, 0.2) is 18.2 Å². The van der Waals surface area contributed by atoms with Gasteiger partial charge in [0, 0.05) is 20.0 Å². The van der Waals surface area contributed by atoms with Crippen molar-refractivity contribution in [1.82, 2.24) is 4.90 Å². The second kappa shape index (κ2) is 7.85. The predicted octanol–water partition coefficient (Wildman–Crippen LogP) is 2.21. The maximum atomic E-state index is 11.8. The van der Waals surface area contributed by atoms with E-state index in [-0.39, 0.29) is 5.91 Å². The van der Waals surface area contributed by atoms with E-state index in [1.807, 2.05) is 25.1 Å². The summed E-state index contributed by atoms with van der Waals surface area (Å²) in [6.45, 7) is 5.02. The Bertz CT molecular complexity index is 489. The molecule has 0 aliphatic carbocycles. The molecular formula is C15H22N2O2S. The van der Waals surface area contributed by atoms with Crippen LogP contribution in [0.25, 0.3) is 0 Å². The topological polar surface area (TPSA) is 55.6 Å². The lowest BCUT2D eigenvalue weighted by molar-refractivity contribution is -0.130. The van der Waals surface area contributed by atoms with E-state index < -0.39 is 0 Å². The minimum absolute atomic E-state index is 0.0325. The average Bonchev–Trinajstić information content (AvgIpc) is 2.39. The average molecular weight is 294 g/mol. The summed E-state index contributed by atoms with van der Waals surface area (Å²) in [5.41, 5.74) is 7.82. The van der Waals surface area contributed by atoms with Crippen molar-refractivity contribution in [3.05, 3.63) is 29.3 Å². The van der Waals surface area contributed by atoms with Gasteiger partial charge in [0.2, 0.25) is 5.91 Å². The fourth-order valence-corrected chi connectivity index (χ4v) is 1.74. The Morgan fingerprint density at radius 2 is 2.00 bits per heavy atom. The van der Waals surface area contributed by atoms with Gasteiger partial charge in [-0.15, -0.1) is 0 Å². The Hall–Kier alpha value is -1.62. The molecule has 20 heavy (non-hydrogen) atoms. The summed E-state index contributed by atoms with van der Waals surface area (Å²) < 4.78 is 5.59. The smallest absolute Gasteiger partial charge is 0.225 e. The van der Waals surface area contributed by atoms with E-state index in [2.05, 4.69) is 6.92 Å². The standard InChI is InChI=1S/C15H22N2O2S/c1-11-4-5-13(10-12(11)2)19-9-7-15(18)17(3)8-6-14(16)20/h4-5,10H,6-9H2,1-3H3,(H2,16,20). The molecule has 1 aromatic carbocycles. The first-order valence-electron chi connectivity index (χ1n) is 6.62. The molecule has 0 fully saturated rings. The molecule has 0 aliphatic heterocycles. The van der Waals surface area contributed by atoms with E-state index in [1.54, 1.807) is 11.9 Å². The Morgan fingerprint density at radius 1 is 1.30 bits per heavy atom. The van der Waals surface area contributed by atoms with Gasteiger partial charge in [0.25, 0.3) is 0 Å².